The van der Waals surface area contributed by atoms with Crippen molar-refractivity contribution in [1.82, 2.24) is 0 Å². The normalized spacial score (nSPS) is 29.7. The number of hydrogen-bond acceptors (Lipinski definition) is 11. The van der Waals surface area contributed by atoms with Gasteiger partial charge in [0.05, 0.1) is 19.3 Å². The van der Waals surface area contributed by atoms with E-state index in [1.165, 1.54) is 13.2 Å². The van der Waals surface area contributed by atoms with Crippen LogP contribution in [0.1, 0.15) is 25.2 Å². The van der Waals surface area contributed by atoms with Gasteiger partial charge in [-0.05, 0) is 13.8 Å². The minimum Gasteiger partial charge on any atom is -0.495 e. The summed E-state index contributed by atoms with van der Waals surface area (Å²) in [6.07, 6.45) is -7.33. The van der Waals surface area contributed by atoms with E-state index in [2.05, 4.69) is 0 Å². The summed E-state index contributed by atoms with van der Waals surface area (Å²) in [4.78, 5) is 12.9. The second-order valence-electron chi connectivity index (χ2n) is 8.81. The van der Waals surface area contributed by atoms with E-state index in [9.17, 15) is 30.3 Å². The Kier molecular flexibility index (Phi) is 6.40. The molecule has 0 bridgehead atoms. The van der Waals surface area contributed by atoms with Crippen molar-refractivity contribution in [2.45, 2.75) is 69.3 Å². The van der Waals surface area contributed by atoms with Crippen molar-refractivity contribution in [3.63, 3.8) is 0 Å². The number of benzene rings is 1. The van der Waals surface area contributed by atoms with Crippen molar-refractivity contribution in [2.24, 2.45) is 0 Å². The Morgan fingerprint density at radius 2 is 1.88 bits per heavy atom. The number of methoxy groups -OCH3 is 1. The predicted molar refractivity (Wildman–Crippen MR) is 112 cm³/mol. The van der Waals surface area contributed by atoms with Crippen LogP contribution in [0.5, 0.6) is 11.5 Å². The third kappa shape index (κ3) is 4.33. The first-order valence-electron chi connectivity index (χ1n) is 10.5. The van der Waals surface area contributed by atoms with Gasteiger partial charge < -0.3 is 48.9 Å². The molecule has 2 aromatic rings. The molecule has 1 fully saturated rings. The highest BCUT2D eigenvalue weighted by Crippen LogP contribution is 2.43. The molecular weight excluding hydrogens is 440 g/mol. The second kappa shape index (κ2) is 8.84. The molecule has 11 nitrogen and oxygen atoms in total. The highest BCUT2D eigenvalue weighted by molar-refractivity contribution is 5.87. The molecule has 0 radical (unpaired) electrons. The van der Waals surface area contributed by atoms with Crippen molar-refractivity contribution in [1.29, 1.82) is 0 Å². The zero-order chi connectivity index (χ0) is 24.1. The first kappa shape index (κ1) is 23.9. The zero-order valence-corrected chi connectivity index (χ0v) is 18.4. The molecule has 1 saturated heterocycles. The Bertz CT molecular complexity index is 1070. The lowest BCUT2D eigenvalue weighted by atomic mass is 9.96. The van der Waals surface area contributed by atoms with E-state index in [-0.39, 0.29) is 23.3 Å². The van der Waals surface area contributed by atoms with Crippen molar-refractivity contribution < 1.29 is 48.9 Å². The maximum absolute atomic E-state index is 12.9. The summed E-state index contributed by atoms with van der Waals surface area (Å²) >= 11 is 0. The standard InChI is InChI=1S/C22H28O11/c1-22(2,28)15-5-10-12(32-15)6-13-16(20(10)29-3)11(24)4-9(31-13)8-30-21-19(27)18(26)17(25)14(7-23)33-21/h4,6,14-15,17-19,21,23,25-28H,5,7-8H2,1-3H3/t14-,15-,17+,18+,19+,21-/m0/s1. The molecule has 0 aliphatic carbocycles. The fraction of sp³-hybridized carbons (Fsp3) is 0.591. The van der Waals surface area contributed by atoms with Gasteiger partial charge in [0, 0.05) is 24.1 Å². The fourth-order valence-corrected chi connectivity index (χ4v) is 4.09. The number of hydrogen-bond donors (Lipinski definition) is 5. The first-order valence-corrected chi connectivity index (χ1v) is 10.5. The summed E-state index contributed by atoms with van der Waals surface area (Å²) in [6.45, 7) is 2.37. The molecule has 182 valence electrons. The Hall–Kier alpha value is -2.25. The van der Waals surface area contributed by atoms with Gasteiger partial charge in [0.25, 0.3) is 0 Å². The SMILES string of the molecule is COc1c2c(cc3oc(CO[C@H]4O[C@@H](CO)[C@@H](O)[C@@H](O)[C@H]4O)cc(=O)c13)O[C@H](C(C)(C)O)C2. The molecular formula is C22H28O11. The number of fused-ring (bicyclic) bond motifs is 2. The van der Waals surface area contributed by atoms with Crippen molar-refractivity contribution in [3.05, 3.63) is 33.7 Å². The summed E-state index contributed by atoms with van der Waals surface area (Å²) in [5.74, 6) is 0.842. The number of ether oxygens (including phenoxy) is 4. The molecule has 0 unspecified atom stereocenters. The maximum atomic E-state index is 12.9. The molecule has 3 heterocycles. The van der Waals surface area contributed by atoms with E-state index in [0.717, 1.165) is 0 Å². The van der Waals surface area contributed by atoms with E-state index in [0.29, 0.717) is 23.5 Å². The Labute approximate surface area is 188 Å². The lowest BCUT2D eigenvalue weighted by Crippen LogP contribution is -2.59. The minimum absolute atomic E-state index is 0.100. The fourth-order valence-electron chi connectivity index (χ4n) is 4.09. The number of aliphatic hydroxyl groups is 5. The van der Waals surface area contributed by atoms with Gasteiger partial charge in [0.1, 0.15) is 65.4 Å². The third-order valence-corrected chi connectivity index (χ3v) is 5.98. The van der Waals surface area contributed by atoms with Crippen molar-refractivity contribution in [2.75, 3.05) is 13.7 Å². The van der Waals surface area contributed by atoms with Gasteiger partial charge in [-0.2, -0.15) is 0 Å². The van der Waals surface area contributed by atoms with Crippen LogP contribution in [0.2, 0.25) is 0 Å². The van der Waals surface area contributed by atoms with E-state index in [4.69, 9.17) is 23.4 Å². The second-order valence-corrected chi connectivity index (χ2v) is 8.81. The molecule has 6 atom stereocenters. The molecule has 5 N–H and O–H groups in total. The average molecular weight is 468 g/mol. The van der Waals surface area contributed by atoms with Gasteiger partial charge in [-0.3, -0.25) is 4.79 Å². The highest BCUT2D eigenvalue weighted by atomic mass is 16.7. The van der Waals surface area contributed by atoms with Gasteiger partial charge in [0.15, 0.2) is 11.7 Å². The van der Waals surface area contributed by atoms with Gasteiger partial charge >= 0.3 is 0 Å². The minimum atomic E-state index is -1.59. The molecule has 2 aliphatic heterocycles. The quantitative estimate of drug-likeness (QED) is 0.360. The predicted octanol–water partition coefficient (Wildman–Crippen LogP) is -0.808. The molecule has 0 amide bonds. The molecule has 4 rings (SSSR count). The molecule has 11 heteroatoms. The van der Waals surface area contributed by atoms with E-state index >= 15 is 0 Å². The summed E-state index contributed by atoms with van der Waals surface area (Å²) in [6, 6.07) is 2.77. The van der Waals surface area contributed by atoms with Crippen molar-refractivity contribution in [3.8, 4) is 11.5 Å². The largest absolute Gasteiger partial charge is 0.495 e. The number of rotatable bonds is 6. The Balaban J connectivity index is 1.61. The maximum Gasteiger partial charge on any atom is 0.196 e. The molecule has 2 aliphatic rings. The van der Waals surface area contributed by atoms with Crippen LogP contribution in [0.15, 0.2) is 21.3 Å². The van der Waals surface area contributed by atoms with Gasteiger partial charge in [-0.1, -0.05) is 0 Å². The van der Waals surface area contributed by atoms with Crippen LogP contribution in [0.3, 0.4) is 0 Å². The Morgan fingerprint density at radius 1 is 1.15 bits per heavy atom. The molecule has 1 aromatic heterocycles. The van der Waals surface area contributed by atoms with Crippen LogP contribution in [0.25, 0.3) is 11.0 Å². The van der Waals surface area contributed by atoms with Crippen molar-refractivity contribution >= 4 is 11.0 Å². The van der Waals surface area contributed by atoms with Gasteiger partial charge in [0.2, 0.25) is 0 Å². The molecule has 0 spiro atoms. The Morgan fingerprint density at radius 3 is 2.52 bits per heavy atom. The van der Waals surface area contributed by atoms with Crippen LogP contribution in [-0.2, 0) is 22.5 Å². The smallest absolute Gasteiger partial charge is 0.196 e. The zero-order valence-electron chi connectivity index (χ0n) is 18.4. The monoisotopic (exact) mass is 468 g/mol. The summed E-state index contributed by atoms with van der Waals surface area (Å²) in [5.41, 5.74) is -0.662. The van der Waals surface area contributed by atoms with E-state index in [1.807, 2.05) is 0 Å². The van der Waals surface area contributed by atoms with E-state index in [1.54, 1.807) is 19.9 Å². The summed E-state index contributed by atoms with van der Waals surface area (Å²) in [7, 11) is 1.43. The van der Waals surface area contributed by atoms with Crippen LogP contribution in [-0.4, -0.2) is 81.7 Å². The first-order chi connectivity index (χ1) is 15.5. The van der Waals surface area contributed by atoms with Gasteiger partial charge in [-0.15, -0.1) is 0 Å². The third-order valence-electron chi connectivity index (χ3n) is 5.98. The lowest BCUT2D eigenvalue weighted by molar-refractivity contribution is -0.304. The number of aliphatic hydroxyl groups excluding tert-OH is 4. The van der Waals surface area contributed by atoms with E-state index < -0.39 is 54.4 Å². The topological polar surface area (TPSA) is 168 Å². The van der Waals surface area contributed by atoms with Crippen LogP contribution < -0.4 is 14.9 Å². The van der Waals surface area contributed by atoms with Crippen LogP contribution in [0, 0.1) is 0 Å². The molecule has 33 heavy (non-hydrogen) atoms. The lowest BCUT2D eigenvalue weighted by Gasteiger charge is -2.39. The highest BCUT2D eigenvalue weighted by Gasteiger charge is 2.44. The summed E-state index contributed by atoms with van der Waals surface area (Å²) in [5, 5.41) is 49.7. The molecule has 0 saturated carbocycles. The van der Waals surface area contributed by atoms with Gasteiger partial charge in [-0.25, -0.2) is 0 Å². The van der Waals surface area contributed by atoms with Crippen LogP contribution >= 0.6 is 0 Å². The molecule has 1 aromatic carbocycles. The van der Waals surface area contributed by atoms with Crippen LogP contribution in [0.4, 0.5) is 0 Å². The summed E-state index contributed by atoms with van der Waals surface area (Å²) < 4.78 is 27.9. The average Bonchev–Trinajstić information content (AvgIpc) is 3.20.